The highest BCUT2D eigenvalue weighted by Gasteiger charge is 2.28. The number of fused-ring (bicyclic) bond motifs is 1. The molecule has 6 nitrogen and oxygen atoms in total. The molecule has 2 aromatic carbocycles. The molecule has 158 valence electrons. The highest BCUT2D eigenvalue weighted by Crippen LogP contribution is 2.31. The minimum Gasteiger partial charge on any atom is -0.455 e. The third-order valence-corrected chi connectivity index (χ3v) is 5.79. The van der Waals surface area contributed by atoms with Crippen LogP contribution in [0.15, 0.2) is 58.0 Å². The van der Waals surface area contributed by atoms with Crippen molar-refractivity contribution in [2.75, 3.05) is 5.32 Å². The maximum atomic E-state index is 12.9. The van der Waals surface area contributed by atoms with Crippen molar-refractivity contribution in [1.29, 1.82) is 0 Å². The topological polar surface area (TPSA) is 83.7 Å². The predicted molar refractivity (Wildman–Crippen MR) is 121 cm³/mol. The summed E-state index contributed by atoms with van der Waals surface area (Å²) in [6.45, 7) is 3.68. The van der Waals surface area contributed by atoms with Gasteiger partial charge in [-0.1, -0.05) is 35.9 Å². The van der Waals surface area contributed by atoms with E-state index in [1.54, 1.807) is 42.5 Å². The Morgan fingerprint density at radius 2 is 1.74 bits per heavy atom. The first-order valence-electron chi connectivity index (χ1n) is 10.1. The number of benzene rings is 2. The number of nitrogens with one attached hydrogen (secondary N) is 2. The van der Waals surface area contributed by atoms with E-state index >= 15 is 0 Å². The van der Waals surface area contributed by atoms with Gasteiger partial charge in [0.1, 0.15) is 5.76 Å². The Hall–Kier alpha value is -3.38. The van der Waals surface area contributed by atoms with Crippen molar-refractivity contribution >= 4 is 34.8 Å². The molecule has 0 unspecified atom stereocenters. The molecule has 0 radical (unpaired) electrons. The normalized spacial score (nSPS) is 14.2. The molecule has 4 rings (SSSR count). The fourth-order valence-electron chi connectivity index (χ4n) is 3.69. The SMILES string of the molecule is Cc1c(Cl)cccc1NC(=O)c1oc2c(c1C)/C(=N/NC(=O)c1ccccc1)CCC2. The zero-order valence-electron chi connectivity index (χ0n) is 17.3. The van der Waals surface area contributed by atoms with Crippen molar-refractivity contribution < 1.29 is 14.0 Å². The molecule has 1 aliphatic rings. The smallest absolute Gasteiger partial charge is 0.291 e. The van der Waals surface area contributed by atoms with Gasteiger partial charge in [0.05, 0.1) is 5.71 Å². The van der Waals surface area contributed by atoms with Crippen molar-refractivity contribution in [3.63, 3.8) is 0 Å². The molecule has 0 saturated heterocycles. The Morgan fingerprint density at radius 1 is 0.968 bits per heavy atom. The maximum absolute atomic E-state index is 12.9. The summed E-state index contributed by atoms with van der Waals surface area (Å²) >= 11 is 6.16. The lowest BCUT2D eigenvalue weighted by Crippen LogP contribution is -2.22. The Labute approximate surface area is 185 Å². The van der Waals surface area contributed by atoms with Gasteiger partial charge >= 0.3 is 0 Å². The van der Waals surface area contributed by atoms with E-state index in [-0.39, 0.29) is 17.6 Å². The van der Waals surface area contributed by atoms with Crippen LogP contribution in [-0.4, -0.2) is 17.5 Å². The molecule has 0 bridgehead atoms. The second kappa shape index (κ2) is 8.78. The number of nitrogens with zero attached hydrogens (tertiary/aromatic N) is 1. The van der Waals surface area contributed by atoms with Gasteiger partial charge < -0.3 is 9.73 Å². The molecule has 0 saturated carbocycles. The van der Waals surface area contributed by atoms with Crippen LogP contribution in [0.1, 0.15) is 56.2 Å². The Balaban J connectivity index is 1.59. The first kappa shape index (κ1) is 20.9. The van der Waals surface area contributed by atoms with Gasteiger partial charge in [-0.15, -0.1) is 0 Å². The number of aryl methyl sites for hydroxylation is 1. The van der Waals surface area contributed by atoms with E-state index in [9.17, 15) is 9.59 Å². The summed E-state index contributed by atoms with van der Waals surface area (Å²) in [6.07, 6.45) is 2.23. The lowest BCUT2D eigenvalue weighted by Gasteiger charge is -2.13. The summed E-state index contributed by atoms with van der Waals surface area (Å²) in [5, 5.41) is 7.81. The number of furan rings is 1. The van der Waals surface area contributed by atoms with Gasteiger partial charge in [0, 0.05) is 33.8 Å². The summed E-state index contributed by atoms with van der Waals surface area (Å²) in [4.78, 5) is 25.3. The molecule has 1 aliphatic carbocycles. The maximum Gasteiger partial charge on any atom is 0.291 e. The molecule has 3 aromatic rings. The highest BCUT2D eigenvalue weighted by molar-refractivity contribution is 6.31. The van der Waals surface area contributed by atoms with Crippen LogP contribution in [-0.2, 0) is 6.42 Å². The van der Waals surface area contributed by atoms with Gasteiger partial charge in [-0.25, -0.2) is 5.43 Å². The molecule has 31 heavy (non-hydrogen) atoms. The summed E-state index contributed by atoms with van der Waals surface area (Å²) in [5.74, 6) is 0.332. The number of halogens is 1. The van der Waals surface area contributed by atoms with Gasteiger partial charge in [0.15, 0.2) is 5.76 Å². The van der Waals surface area contributed by atoms with Gasteiger partial charge in [0.25, 0.3) is 11.8 Å². The zero-order valence-corrected chi connectivity index (χ0v) is 18.0. The van der Waals surface area contributed by atoms with Crippen molar-refractivity contribution in [3.8, 4) is 0 Å². The minimum absolute atomic E-state index is 0.244. The van der Waals surface area contributed by atoms with Crippen LogP contribution in [0.25, 0.3) is 0 Å². The van der Waals surface area contributed by atoms with Crippen molar-refractivity contribution in [2.45, 2.75) is 33.1 Å². The largest absolute Gasteiger partial charge is 0.455 e. The number of carbonyl (C=O) groups is 2. The molecule has 7 heteroatoms. The lowest BCUT2D eigenvalue weighted by atomic mass is 9.93. The van der Waals surface area contributed by atoms with Crippen molar-refractivity contribution in [3.05, 3.63) is 87.3 Å². The third-order valence-electron chi connectivity index (χ3n) is 5.38. The number of hydrogen-bond donors (Lipinski definition) is 2. The number of rotatable bonds is 4. The van der Waals surface area contributed by atoms with Crippen LogP contribution in [0.3, 0.4) is 0 Å². The van der Waals surface area contributed by atoms with E-state index < -0.39 is 0 Å². The molecule has 1 aromatic heterocycles. The molecular weight excluding hydrogens is 414 g/mol. The third kappa shape index (κ3) is 4.25. The lowest BCUT2D eigenvalue weighted by molar-refractivity contribution is 0.0953. The molecule has 0 atom stereocenters. The van der Waals surface area contributed by atoms with Crippen LogP contribution < -0.4 is 10.7 Å². The fraction of sp³-hybridized carbons (Fsp3) is 0.208. The van der Waals surface area contributed by atoms with Crippen molar-refractivity contribution in [1.82, 2.24) is 5.43 Å². The van der Waals surface area contributed by atoms with Gasteiger partial charge in [0.2, 0.25) is 0 Å². The second-order valence-corrected chi connectivity index (χ2v) is 7.85. The first-order valence-corrected chi connectivity index (χ1v) is 10.4. The number of hydrogen-bond acceptors (Lipinski definition) is 4. The quantitative estimate of drug-likeness (QED) is 0.547. The summed E-state index contributed by atoms with van der Waals surface area (Å²) < 4.78 is 5.92. The van der Waals surface area contributed by atoms with E-state index in [1.165, 1.54) is 0 Å². The second-order valence-electron chi connectivity index (χ2n) is 7.44. The predicted octanol–water partition coefficient (Wildman–Crippen LogP) is 5.27. The first-order chi connectivity index (χ1) is 15.0. The molecule has 1 heterocycles. The number of amides is 2. The summed E-state index contributed by atoms with van der Waals surface area (Å²) in [5.41, 5.74) is 6.80. The molecule has 0 fully saturated rings. The Bertz CT molecular complexity index is 1180. The monoisotopic (exact) mass is 435 g/mol. The minimum atomic E-state index is -0.343. The highest BCUT2D eigenvalue weighted by atomic mass is 35.5. The Morgan fingerprint density at radius 3 is 2.52 bits per heavy atom. The van der Waals surface area contributed by atoms with Gasteiger partial charge in [-0.05, 0) is 56.5 Å². The van der Waals surface area contributed by atoms with Crippen molar-refractivity contribution in [2.24, 2.45) is 5.10 Å². The number of carbonyl (C=O) groups excluding carboxylic acids is 2. The number of anilines is 1. The summed E-state index contributed by atoms with van der Waals surface area (Å²) in [7, 11) is 0. The average Bonchev–Trinajstić information content (AvgIpc) is 3.13. The van der Waals surface area contributed by atoms with E-state index in [1.807, 2.05) is 19.9 Å². The van der Waals surface area contributed by atoms with Gasteiger partial charge in [-0.2, -0.15) is 5.10 Å². The Kier molecular flexibility index (Phi) is 5.91. The van der Waals surface area contributed by atoms with E-state index in [0.717, 1.165) is 17.5 Å². The molecule has 0 aliphatic heterocycles. The van der Waals surface area contributed by atoms with E-state index in [2.05, 4.69) is 15.8 Å². The molecular formula is C24H22ClN3O3. The average molecular weight is 436 g/mol. The van der Waals surface area contributed by atoms with E-state index in [4.69, 9.17) is 16.0 Å². The van der Waals surface area contributed by atoms with Crippen LogP contribution in [0.5, 0.6) is 0 Å². The van der Waals surface area contributed by atoms with Crippen LogP contribution >= 0.6 is 11.6 Å². The fourth-order valence-corrected chi connectivity index (χ4v) is 3.87. The zero-order chi connectivity index (χ0) is 22.0. The van der Waals surface area contributed by atoms with E-state index in [0.29, 0.717) is 46.2 Å². The van der Waals surface area contributed by atoms with Crippen LogP contribution in [0.2, 0.25) is 5.02 Å². The molecule has 2 amide bonds. The summed E-state index contributed by atoms with van der Waals surface area (Å²) in [6, 6.07) is 14.3. The van der Waals surface area contributed by atoms with Crippen LogP contribution in [0.4, 0.5) is 5.69 Å². The number of hydrazone groups is 1. The molecule has 2 N–H and O–H groups in total. The van der Waals surface area contributed by atoms with Crippen LogP contribution in [0, 0.1) is 13.8 Å². The standard InChI is InChI=1S/C24H22ClN3O3/c1-14-17(25)10-6-11-18(14)26-24(30)22-15(2)21-19(12-7-13-20(21)31-22)27-28-23(29)16-8-4-3-5-9-16/h3-6,8-11H,7,12-13H2,1-2H3,(H,26,30)(H,28,29)/b27-19+. The molecule has 0 spiro atoms. The van der Waals surface area contributed by atoms with Gasteiger partial charge in [-0.3, -0.25) is 9.59 Å².